The number of ketones is 1. The van der Waals surface area contributed by atoms with Crippen molar-refractivity contribution in [1.29, 1.82) is 0 Å². The summed E-state index contributed by atoms with van der Waals surface area (Å²) in [5.74, 6) is 1.11. The van der Waals surface area contributed by atoms with E-state index in [1.807, 2.05) is 24.3 Å². The highest BCUT2D eigenvalue weighted by atomic mass is 16.5. The zero-order valence-corrected chi connectivity index (χ0v) is 10.8. The molecule has 2 aromatic carbocycles. The number of fused-ring (bicyclic) bond motifs is 1. The molecule has 1 N–H and O–H groups in total. The third kappa shape index (κ3) is 2.01. The Balaban J connectivity index is 2.01. The van der Waals surface area contributed by atoms with E-state index in [-0.39, 0.29) is 17.3 Å². The molecule has 0 saturated carbocycles. The standard InChI is InChI=1S/C16H12O4/c1-19-13-5-3-2-4-10(13)8-15-16(18)12-7-6-11(17)9-14(12)20-15/h2-9,17H,1H3. The Morgan fingerprint density at radius 1 is 1.20 bits per heavy atom. The Bertz CT molecular complexity index is 716. The topological polar surface area (TPSA) is 55.8 Å². The molecule has 2 aromatic rings. The number of hydrogen-bond acceptors (Lipinski definition) is 4. The van der Waals surface area contributed by atoms with Gasteiger partial charge in [0.05, 0.1) is 12.7 Å². The summed E-state index contributed by atoms with van der Waals surface area (Å²) in [6, 6.07) is 11.8. The summed E-state index contributed by atoms with van der Waals surface area (Å²) in [4.78, 5) is 12.2. The zero-order chi connectivity index (χ0) is 14.1. The van der Waals surface area contributed by atoms with Crippen LogP contribution in [0.25, 0.3) is 6.08 Å². The Morgan fingerprint density at radius 2 is 2.00 bits per heavy atom. The number of carbonyl (C=O) groups is 1. The molecule has 1 aliphatic heterocycles. The molecule has 4 heteroatoms. The van der Waals surface area contributed by atoms with Crippen molar-refractivity contribution in [3.8, 4) is 17.2 Å². The lowest BCUT2D eigenvalue weighted by Gasteiger charge is -2.04. The smallest absolute Gasteiger partial charge is 0.231 e. The van der Waals surface area contributed by atoms with Gasteiger partial charge in [-0.2, -0.15) is 0 Å². The second-order valence-corrected chi connectivity index (χ2v) is 4.36. The minimum absolute atomic E-state index is 0.0649. The first-order chi connectivity index (χ1) is 9.69. The summed E-state index contributed by atoms with van der Waals surface area (Å²) in [6.07, 6.45) is 1.64. The molecule has 20 heavy (non-hydrogen) atoms. The largest absolute Gasteiger partial charge is 0.508 e. The van der Waals surface area contributed by atoms with Gasteiger partial charge in [-0.15, -0.1) is 0 Å². The predicted octanol–water partition coefficient (Wildman–Crippen LogP) is 3.02. The Hall–Kier alpha value is -2.75. The SMILES string of the molecule is COc1ccccc1C=C1Oc2cc(O)ccc2C1=O. The van der Waals surface area contributed by atoms with E-state index in [0.29, 0.717) is 17.1 Å². The van der Waals surface area contributed by atoms with Crippen LogP contribution in [0.5, 0.6) is 17.2 Å². The normalized spacial score (nSPS) is 15.1. The molecular formula is C16H12O4. The highest BCUT2D eigenvalue weighted by molar-refractivity contribution is 6.14. The maximum atomic E-state index is 12.2. The Kier molecular flexibility index (Phi) is 2.91. The molecule has 0 bridgehead atoms. The third-order valence-corrected chi connectivity index (χ3v) is 3.08. The lowest BCUT2D eigenvalue weighted by molar-refractivity contribution is 0.101. The van der Waals surface area contributed by atoms with E-state index < -0.39 is 0 Å². The number of para-hydroxylation sites is 1. The molecule has 1 heterocycles. The average molecular weight is 268 g/mol. The number of aromatic hydroxyl groups is 1. The molecular weight excluding hydrogens is 256 g/mol. The van der Waals surface area contributed by atoms with E-state index in [2.05, 4.69) is 0 Å². The first-order valence-electron chi connectivity index (χ1n) is 6.09. The van der Waals surface area contributed by atoms with Gasteiger partial charge in [-0.05, 0) is 24.3 Å². The van der Waals surface area contributed by atoms with Crippen molar-refractivity contribution in [2.75, 3.05) is 7.11 Å². The number of hydrogen-bond donors (Lipinski definition) is 1. The maximum Gasteiger partial charge on any atom is 0.231 e. The lowest BCUT2D eigenvalue weighted by atomic mass is 10.1. The molecule has 0 amide bonds. The lowest BCUT2D eigenvalue weighted by Crippen LogP contribution is -1.98. The number of rotatable bonds is 2. The molecule has 0 unspecified atom stereocenters. The number of allylic oxidation sites excluding steroid dienone is 1. The molecule has 1 aliphatic rings. The van der Waals surface area contributed by atoms with E-state index in [1.165, 1.54) is 12.1 Å². The van der Waals surface area contributed by atoms with Crippen molar-refractivity contribution in [3.05, 3.63) is 59.4 Å². The van der Waals surface area contributed by atoms with E-state index in [1.54, 1.807) is 19.3 Å². The van der Waals surface area contributed by atoms with Gasteiger partial charge in [0.1, 0.15) is 17.2 Å². The fourth-order valence-corrected chi connectivity index (χ4v) is 2.10. The van der Waals surface area contributed by atoms with Gasteiger partial charge in [-0.25, -0.2) is 0 Å². The molecule has 0 spiro atoms. The highest BCUT2D eigenvalue weighted by Gasteiger charge is 2.27. The van der Waals surface area contributed by atoms with Gasteiger partial charge < -0.3 is 14.6 Å². The second kappa shape index (κ2) is 4.74. The van der Waals surface area contributed by atoms with E-state index in [0.717, 1.165) is 5.56 Å². The summed E-state index contributed by atoms with van der Waals surface area (Å²) in [6.45, 7) is 0. The number of carbonyl (C=O) groups excluding carboxylic acids is 1. The van der Waals surface area contributed by atoms with Gasteiger partial charge in [-0.1, -0.05) is 18.2 Å². The second-order valence-electron chi connectivity index (χ2n) is 4.36. The van der Waals surface area contributed by atoms with Gasteiger partial charge in [0.2, 0.25) is 5.78 Å². The quantitative estimate of drug-likeness (QED) is 0.851. The molecule has 4 nitrogen and oxygen atoms in total. The average Bonchev–Trinajstić information content (AvgIpc) is 2.75. The van der Waals surface area contributed by atoms with Gasteiger partial charge in [0.15, 0.2) is 5.76 Å². The number of ether oxygens (including phenoxy) is 2. The molecule has 0 fully saturated rings. The number of Topliss-reactive ketones (excluding diaryl/α,β-unsaturated/α-hetero) is 1. The zero-order valence-electron chi connectivity index (χ0n) is 10.8. The first-order valence-corrected chi connectivity index (χ1v) is 6.09. The van der Waals surface area contributed by atoms with Crippen LogP contribution >= 0.6 is 0 Å². The summed E-state index contributed by atoms with van der Waals surface area (Å²) >= 11 is 0. The van der Waals surface area contributed by atoms with Crippen molar-refractivity contribution < 1.29 is 19.4 Å². The van der Waals surface area contributed by atoms with Gasteiger partial charge in [0.25, 0.3) is 0 Å². The molecule has 0 atom stereocenters. The number of phenols is 1. The van der Waals surface area contributed by atoms with Crippen LogP contribution in [0.2, 0.25) is 0 Å². The molecule has 0 aromatic heterocycles. The molecule has 100 valence electrons. The summed E-state index contributed by atoms with van der Waals surface area (Å²) in [5.41, 5.74) is 1.21. The van der Waals surface area contributed by atoms with Crippen LogP contribution < -0.4 is 9.47 Å². The minimum atomic E-state index is -0.203. The van der Waals surface area contributed by atoms with Crippen LogP contribution in [0.4, 0.5) is 0 Å². The number of phenolic OH excluding ortho intramolecular Hbond substituents is 1. The minimum Gasteiger partial charge on any atom is -0.508 e. The number of methoxy groups -OCH3 is 1. The van der Waals surface area contributed by atoms with Crippen molar-refractivity contribution in [1.82, 2.24) is 0 Å². The van der Waals surface area contributed by atoms with Crippen LogP contribution in [-0.4, -0.2) is 18.0 Å². The van der Waals surface area contributed by atoms with Crippen molar-refractivity contribution >= 4 is 11.9 Å². The monoisotopic (exact) mass is 268 g/mol. The fraction of sp³-hybridized carbons (Fsp3) is 0.0625. The maximum absolute atomic E-state index is 12.2. The highest BCUT2D eigenvalue weighted by Crippen LogP contribution is 2.35. The Labute approximate surface area is 115 Å². The van der Waals surface area contributed by atoms with Gasteiger partial charge >= 0.3 is 0 Å². The van der Waals surface area contributed by atoms with Crippen molar-refractivity contribution in [3.63, 3.8) is 0 Å². The van der Waals surface area contributed by atoms with Crippen molar-refractivity contribution in [2.45, 2.75) is 0 Å². The summed E-state index contributed by atoms with van der Waals surface area (Å²) in [7, 11) is 1.57. The molecule has 0 saturated heterocycles. The van der Waals surface area contributed by atoms with Crippen LogP contribution in [0.15, 0.2) is 48.2 Å². The third-order valence-electron chi connectivity index (χ3n) is 3.08. The molecule has 3 rings (SSSR count). The summed E-state index contributed by atoms with van der Waals surface area (Å²) in [5, 5.41) is 9.41. The van der Waals surface area contributed by atoms with E-state index in [9.17, 15) is 9.90 Å². The molecule has 0 radical (unpaired) electrons. The van der Waals surface area contributed by atoms with Gasteiger partial charge in [0, 0.05) is 11.6 Å². The van der Waals surface area contributed by atoms with E-state index >= 15 is 0 Å². The fourth-order valence-electron chi connectivity index (χ4n) is 2.10. The van der Waals surface area contributed by atoms with Crippen LogP contribution in [-0.2, 0) is 0 Å². The predicted molar refractivity (Wildman–Crippen MR) is 74.0 cm³/mol. The molecule has 0 aliphatic carbocycles. The Morgan fingerprint density at radius 3 is 2.80 bits per heavy atom. The van der Waals surface area contributed by atoms with Crippen LogP contribution in [0.1, 0.15) is 15.9 Å². The first kappa shape index (κ1) is 12.3. The van der Waals surface area contributed by atoms with Crippen LogP contribution in [0, 0.1) is 0 Å². The number of benzene rings is 2. The summed E-state index contributed by atoms with van der Waals surface area (Å²) < 4.78 is 10.7. The van der Waals surface area contributed by atoms with Crippen LogP contribution in [0.3, 0.4) is 0 Å². The van der Waals surface area contributed by atoms with E-state index in [4.69, 9.17) is 9.47 Å². The van der Waals surface area contributed by atoms with Gasteiger partial charge in [-0.3, -0.25) is 4.79 Å². The van der Waals surface area contributed by atoms with Crippen molar-refractivity contribution in [2.24, 2.45) is 0 Å².